The van der Waals surface area contributed by atoms with Gasteiger partial charge in [-0.3, -0.25) is 4.79 Å². The van der Waals surface area contributed by atoms with Crippen LogP contribution in [0.3, 0.4) is 0 Å². The number of amides is 1. The van der Waals surface area contributed by atoms with E-state index in [-0.39, 0.29) is 18.1 Å². The third-order valence-corrected chi connectivity index (χ3v) is 3.55. The number of anilines is 1. The zero-order valence-corrected chi connectivity index (χ0v) is 11.4. The molecule has 0 spiro atoms. The van der Waals surface area contributed by atoms with Crippen LogP contribution in [0.2, 0.25) is 0 Å². The predicted octanol–water partition coefficient (Wildman–Crippen LogP) is 2.42. The van der Waals surface area contributed by atoms with Crippen molar-refractivity contribution in [2.24, 2.45) is 0 Å². The van der Waals surface area contributed by atoms with Gasteiger partial charge in [0.15, 0.2) is 5.13 Å². The summed E-state index contributed by atoms with van der Waals surface area (Å²) in [5.74, 6) is -0.535. The first kappa shape index (κ1) is 12.7. The summed E-state index contributed by atoms with van der Waals surface area (Å²) >= 11 is 1.38. The van der Waals surface area contributed by atoms with Gasteiger partial charge in [-0.1, -0.05) is 0 Å². The number of thiazole rings is 1. The number of fused-ring (bicyclic) bond motifs is 1. The molecule has 0 aromatic carbocycles. The average Bonchev–Trinajstić information content (AvgIpc) is 2.94. The van der Waals surface area contributed by atoms with Crippen LogP contribution in [0.4, 0.5) is 9.52 Å². The van der Waals surface area contributed by atoms with Crippen LogP contribution in [0, 0.1) is 12.7 Å². The Bertz CT molecular complexity index is 780. The number of carbonyl (C=O) groups is 1. The number of nitrogens with zero attached hydrogens (tertiary/aromatic N) is 3. The summed E-state index contributed by atoms with van der Waals surface area (Å²) in [6.07, 6.45) is 3.10. The standard InChI is InChI=1S/C13H11FN4OS/c1-8-7-20-13(15-8)17-12(19)4-10-6-18-5-9(14)2-3-11(18)16-10/h2-3,5-7H,4H2,1H3,(H,15,17,19). The predicted molar refractivity (Wildman–Crippen MR) is 74.3 cm³/mol. The van der Waals surface area contributed by atoms with Crippen LogP contribution in [0.15, 0.2) is 29.9 Å². The number of pyridine rings is 1. The van der Waals surface area contributed by atoms with E-state index in [4.69, 9.17) is 0 Å². The van der Waals surface area contributed by atoms with Gasteiger partial charge in [-0.2, -0.15) is 0 Å². The normalized spacial score (nSPS) is 10.9. The van der Waals surface area contributed by atoms with Crippen molar-refractivity contribution < 1.29 is 9.18 Å². The molecule has 0 atom stereocenters. The van der Waals surface area contributed by atoms with Crippen molar-refractivity contribution in [2.45, 2.75) is 13.3 Å². The quantitative estimate of drug-likeness (QED) is 0.806. The Kier molecular flexibility index (Phi) is 3.19. The molecule has 3 aromatic heterocycles. The lowest BCUT2D eigenvalue weighted by molar-refractivity contribution is -0.115. The van der Waals surface area contributed by atoms with E-state index in [0.717, 1.165) is 5.69 Å². The van der Waals surface area contributed by atoms with Gasteiger partial charge < -0.3 is 9.72 Å². The van der Waals surface area contributed by atoms with Gasteiger partial charge in [0, 0.05) is 17.8 Å². The Labute approximate surface area is 118 Å². The lowest BCUT2D eigenvalue weighted by Crippen LogP contribution is -2.14. The Hall–Kier alpha value is -2.28. The van der Waals surface area contributed by atoms with Gasteiger partial charge in [-0.25, -0.2) is 14.4 Å². The molecule has 0 aliphatic heterocycles. The van der Waals surface area contributed by atoms with E-state index in [1.54, 1.807) is 16.7 Å². The monoisotopic (exact) mass is 290 g/mol. The van der Waals surface area contributed by atoms with Crippen molar-refractivity contribution >= 4 is 28.0 Å². The maximum atomic E-state index is 13.1. The Morgan fingerprint density at radius 3 is 3.00 bits per heavy atom. The zero-order valence-electron chi connectivity index (χ0n) is 10.6. The summed E-state index contributed by atoms with van der Waals surface area (Å²) < 4.78 is 14.6. The third-order valence-electron chi connectivity index (χ3n) is 2.67. The zero-order chi connectivity index (χ0) is 14.1. The third kappa shape index (κ3) is 2.67. The minimum Gasteiger partial charge on any atom is -0.304 e. The number of imidazole rings is 1. The topological polar surface area (TPSA) is 59.3 Å². The van der Waals surface area contributed by atoms with Crippen molar-refractivity contribution in [1.82, 2.24) is 14.4 Å². The molecule has 0 aliphatic carbocycles. The molecule has 0 radical (unpaired) electrons. The van der Waals surface area contributed by atoms with E-state index in [9.17, 15) is 9.18 Å². The first-order valence-electron chi connectivity index (χ1n) is 5.95. The maximum Gasteiger partial charge on any atom is 0.232 e. The van der Waals surface area contributed by atoms with Crippen LogP contribution >= 0.6 is 11.3 Å². The largest absolute Gasteiger partial charge is 0.304 e. The van der Waals surface area contributed by atoms with Gasteiger partial charge in [0.2, 0.25) is 5.91 Å². The number of hydrogen-bond donors (Lipinski definition) is 1. The van der Waals surface area contributed by atoms with Gasteiger partial charge in [0.1, 0.15) is 11.5 Å². The molecule has 3 rings (SSSR count). The summed E-state index contributed by atoms with van der Waals surface area (Å²) in [5.41, 5.74) is 2.06. The number of aryl methyl sites for hydroxylation is 1. The second-order valence-corrected chi connectivity index (χ2v) is 5.22. The molecule has 5 nitrogen and oxygen atoms in total. The van der Waals surface area contributed by atoms with Crippen LogP contribution in [0.1, 0.15) is 11.4 Å². The molecule has 0 saturated carbocycles. The molecular formula is C13H11FN4OS. The summed E-state index contributed by atoms with van der Waals surface area (Å²) in [6.45, 7) is 1.86. The van der Waals surface area contributed by atoms with E-state index >= 15 is 0 Å². The minimum absolute atomic E-state index is 0.127. The SMILES string of the molecule is Cc1csc(NC(=O)Cc2cn3cc(F)ccc3n2)n1. The number of carbonyl (C=O) groups excluding carboxylic acids is 1. The molecule has 3 heterocycles. The first-order chi connectivity index (χ1) is 9.60. The Balaban J connectivity index is 1.73. The highest BCUT2D eigenvalue weighted by Crippen LogP contribution is 2.15. The molecule has 20 heavy (non-hydrogen) atoms. The summed E-state index contributed by atoms with van der Waals surface area (Å²) in [5, 5.41) is 5.15. The van der Waals surface area contributed by atoms with Gasteiger partial charge in [-0.05, 0) is 19.1 Å². The van der Waals surface area contributed by atoms with Crippen molar-refractivity contribution in [3.8, 4) is 0 Å². The highest BCUT2D eigenvalue weighted by Gasteiger charge is 2.10. The van der Waals surface area contributed by atoms with E-state index in [1.165, 1.54) is 23.6 Å². The summed E-state index contributed by atoms with van der Waals surface area (Å²) in [7, 11) is 0. The van der Waals surface area contributed by atoms with Gasteiger partial charge in [0.05, 0.1) is 17.8 Å². The summed E-state index contributed by atoms with van der Waals surface area (Å²) in [4.78, 5) is 20.3. The molecule has 3 aromatic rings. The molecule has 1 amide bonds. The van der Waals surface area contributed by atoms with Crippen LogP contribution in [-0.4, -0.2) is 20.3 Å². The number of halogens is 1. The van der Waals surface area contributed by atoms with Gasteiger partial charge >= 0.3 is 0 Å². The van der Waals surface area contributed by atoms with E-state index in [0.29, 0.717) is 16.5 Å². The number of rotatable bonds is 3. The number of aromatic nitrogens is 3. The van der Waals surface area contributed by atoms with Crippen molar-refractivity contribution in [2.75, 3.05) is 5.32 Å². The first-order valence-corrected chi connectivity index (χ1v) is 6.83. The Morgan fingerprint density at radius 1 is 1.40 bits per heavy atom. The number of nitrogens with one attached hydrogen (secondary N) is 1. The van der Waals surface area contributed by atoms with Crippen molar-refractivity contribution in [1.29, 1.82) is 0 Å². The van der Waals surface area contributed by atoms with Gasteiger partial charge in [-0.15, -0.1) is 11.3 Å². The Morgan fingerprint density at radius 2 is 2.25 bits per heavy atom. The second-order valence-electron chi connectivity index (χ2n) is 4.36. The molecule has 0 fully saturated rings. The lowest BCUT2D eigenvalue weighted by atomic mass is 10.3. The molecule has 7 heteroatoms. The van der Waals surface area contributed by atoms with Crippen LogP contribution < -0.4 is 5.32 Å². The van der Waals surface area contributed by atoms with Crippen LogP contribution in [-0.2, 0) is 11.2 Å². The second kappa shape index (κ2) is 5.01. The molecule has 1 N–H and O–H groups in total. The molecular weight excluding hydrogens is 279 g/mol. The smallest absolute Gasteiger partial charge is 0.232 e. The van der Waals surface area contributed by atoms with Crippen LogP contribution in [0.25, 0.3) is 5.65 Å². The summed E-state index contributed by atoms with van der Waals surface area (Å²) in [6, 6.07) is 2.91. The maximum absolute atomic E-state index is 13.1. The van der Waals surface area contributed by atoms with Crippen molar-refractivity contribution in [3.63, 3.8) is 0 Å². The fourth-order valence-corrected chi connectivity index (χ4v) is 2.55. The highest BCUT2D eigenvalue weighted by molar-refractivity contribution is 7.13. The van der Waals surface area contributed by atoms with E-state index < -0.39 is 0 Å². The van der Waals surface area contributed by atoms with E-state index in [1.807, 2.05) is 12.3 Å². The number of hydrogen-bond acceptors (Lipinski definition) is 4. The van der Waals surface area contributed by atoms with Crippen LogP contribution in [0.5, 0.6) is 0 Å². The van der Waals surface area contributed by atoms with E-state index in [2.05, 4.69) is 15.3 Å². The van der Waals surface area contributed by atoms with Gasteiger partial charge in [0.25, 0.3) is 0 Å². The van der Waals surface area contributed by atoms with Crippen molar-refractivity contribution in [3.05, 3.63) is 47.1 Å². The highest BCUT2D eigenvalue weighted by atomic mass is 32.1. The molecule has 0 saturated heterocycles. The lowest BCUT2D eigenvalue weighted by Gasteiger charge is -1.98. The minimum atomic E-state index is -0.343. The fraction of sp³-hybridized carbons (Fsp3) is 0.154. The molecule has 0 aliphatic rings. The molecule has 102 valence electrons. The molecule has 0 unspecified atom stereocenters. The fourth-order valence-electron chi connectivity index (χ4n) is 1.84. The molecule has 0 bridgehead atoms. The average molecular weight is 290 g/mol.